The summed E-state index contributed by atoms with van der Waals surface area (Å²) in [4.78, 5) is 0. The normalized spacial score (nSPS) is 33.7. The first-order valence-electron chi connectivity index (χ1n) is 6.49. The van der Waals surface area contributed by atoms with Crippen molar-refractivity contribution in [3.63, 3.8) is 0 Å². The fraction of sp³-hybridized carbons (Fsp3) is 0.600. The minimum absolute atomic E-state index is 0.191. The van der Waals surface area contributed by atoms with Crippen LogP contribution in [0.2, 0.25) is 5.02 Å². The van der Waals surface area contributed by atoms with Gasteiger partial charge in [0.25, 0.3) is 0 Å². The van der Waals surface area contributed by atoms with Gasteiger partial charge in [-0.05, 0) is 55.2 Å². The van der Waals surface area contributed by atoms with Crippen LogP contribution in [0, 0.1) is 18.8 Å². The van der Waals surface area contributed by atoms with Crippen LogP contribution >= 0.6 is 11.6 Å². The third kappa shape index (κ3) is 2.36. The van der Waals surface area contributed by atoms with Crippen LogP contribution < -0.4 is 5.73 Å². The Morgan fingerprint density at radius 3 is 2.65 bits per heavy atom. The minimum Gasteiger partial charge on any atom is -0.321 e. The Kier molecular flexibility index (Phi) is 3.51. The van der Waals surface area contributed by atoms with Crippen LogP contribution in [0.25, 0.3) is 0 Å². The molecule has 1 nitrogen and oxygen atoms in total. The molecule has 3 atom stereocenters. The molecule has 3 unspecified atom stereocenters. The van der Waals surface area contributed by atoms with Crippen molar-refractivity contribution >= 4 is 11.6 Å². The van der Waals surface area contributed by atoms with E-state index in [0.717, 1.165) is 22.9 Å². The van der Waals surface area contributed by atoms with Gasteiger partial charge < -0.3 is 5.73 Å². The molecular weight excluding hydrogens is 230 g/mol. The predicted octanol–water partition coefficient (Wildman–Crippen LogP) is 4.26. The highest BCUT2D eigenvalue weighted by atomic mass is 35.5. The summed E-state index contributed by atoms with van der Waals surface area (Å²) < 4.78 is 0. The Hall–Kier alpha value is -0.530. The van der Waals surface area contributed by atoms with Gasteiger partial charge in [0.15, 0.2) is 0 Å². The molecular formula is C15H22ClN. The smallest absolute Gasteiger partial charge is 0.0438 e. The molecule has 0 heterocycles. The van der Waals surface area contributed by atoms with E-state index in [2.05, 4.69) is 32.0 Å². The van der Waals surface area contributed by atoms with Gasteiger partial charge in [0.1, 0.15) is 0 Å². The molecule has 1 aliphatic rings. The molecule has 1 aliphatic carbocycles. The van der Waals surface area contributed by atoms with Gasteiger partial charge in [-0.25, -0.2) is 0 Å². The lowest BCUT2D eigenvalue weighted by Gasteiger charge is -2.42. The Morgan fingerprint density at radius 1 is 1.35 bits per heavy atom. The van der Waals surface area contributed by atoms with Crippen molar-refractivity contribution in [2.45, 2.75) is 45.6 Å². The van der Waals surface area contributed by atoms with Crippen molar-refractivity contribution in [1.29, 1.82) is 0 Å². The summed E-state index contributed by atoms with van der Waals surface area (Å²) in [5, 5.41) is 0.832. The second-order valence-electron chi connectivity index (χ2n) is 5.78. The zero-order valence-electron chi connectivity index (χ0n) is 11.0. The van der Waals surface area contributed by atoms with Gasteiger partial charge in [0, 0.05) is 10.6 Å². The second kappa shape index (κ2) is 4.62. The molecule has 1 aromatic rings. The van der Waals surface area contributed by atoms with Gasteiger partial charge in [0.2, 0.25) is 0 Å². The van der Waals surface area contributed by atoms with Gasteiger partial charge in [0.05, 0.1) is 0 Å². The highest BCUT2D eigenvalue weighted by Gasteiger charge is 2.38. The van der Waals surface area contributed by atoms with Crippen LogP contribution in [0.1, 0.15) is 44.2 Å². The molecule has 0 saturated heterocycles. The molecule has 0 aliphatic heterocycles. The first kappa shape index (κ1) is 12.9. The topological polar surface area (TPSA) is 26.0 Å². The molecule has 1 aromatic carbocycles. The van der Waals surface area contributed by atoms with Gasteiger partial charge >= 0.3 is 0 Å². The van der Waals surface area contributed by atoms with Crippen molar-refractivity contribution in [3.05, 3.63) is 34.3 Å². The van der Waals surface area contributed by atoms with E-state index in [1.54, 1.807) is 0 Å². The third-order valence-electron chi connectivity index (χ3n) is 4.40. The summed E-state index contributed by atoms with van der Waals surface area (Å²) in [7, 11) is 0. The largest absolute Gasteiger partial charge is 0.321 e. The van der Waals surface area contributed by atoms with Crippen molar-refractivity contribution in [1.82, 2.24) is 0 Å². The van der Waals surface area contributed by atoms with Crippen LogP contribution in [0.15, 0.2) is 18.2 Å². The molecule has 2 N–H and O–H groups in total. The highest BCUT2D eigenvalue weighted by Crippen LogP contribution is 2.42. The van der Waals surface area contributed by atoms with E-state index in [-0.39, 0.29) is 5.54 Å². The van der Waals surface area contributed by atoms with E-state index in [4.69, 9.17) is 17.3 Å². The Balaban J connectivity index is 2.34. The maximum absolute atomic E-state index is 6.65. The Labute approximate surface area is 109 Å². The predicted molar refractivity (Wildman–Crippen MR) is 74.2 cm³/mol. The van der Waals surface area contributed by atoms with Gasteiger partial charge in [-0.3, -0.25) is 0 Å². The Bertz CT molecular complexity index is 415. The van der Waals surface area contributed by atoms with E-state index >= 15 is 0 Å². The monoisotopic (exact) mass is 251 g/mol. The lowest BCUT2D eigenvalue weighted by atomic mass is 9.67. The van der Waals surface area contributed by atoms with Crippen LogP contribution in [0.5, 0.6) is 0 Å². The lowest BCUT2D eigenvalue weighted by molar-refractivity contribution is 0.164. The molecule has 0 amide bonds. The van der Waals surface area contributed by atoms with Gasteiger partial charge in [-0.2, -0.15) is 0 Å². The lowest BCUT2D eigenvalue weighted by Crippen LogP contribution is -2.46. The van der Waals surface area contributed by atoms with Crippen LogP contribution in [0.3, 0.4) is 0 Å². The van der Waals surface area contributed by atoms with Crippen molar-refractivity contribution in [2.75, 3.05) is 0 Å². The number of hydrogen-bond donors (Lipinski definition) is 1. The van der Waals surface area contributed by atoms with Crippen LogP contribution in [-0.4, -0.2) is 0 Å². The van der Waals surface area contributed by atoms with Crippen molar-refractivity contribution in [3.8, 4) is 0 Å². The zero-order chi connectivity index (χ0) is 12.6. The van der Waals surface area contributed by atoms with Crippen molar-refractivity contribution in [2.24, 2.45) is 17.6 Å². The van der Waals surface area contributed by atoms with Crippen LogP contribution in [0.4, 0.5) is 0 Å². The van der Waals surface area contributed by atoms with Crippen LogP contribution in [-0.2, 0) is 5.54 Å². The molecule has 17 heavy (non-hydrogen) atoms. The highest BCUT2D eigenvalue weighted by molar-refractivity contribution is 6.31. The number of hydrogen-bond acceptors (Lipinski definition) is 1. The summed E-state index contributed by atoms with van der Waals surface area (Å²) >= 11 is 6.22. The van der Waals surface area contributed by atoms with Gasteiger partial charge in [-0.15, -0.1) is 0 Å². The van der Waals surface area contributed by atoms with Gasteiger partial charge in [-0.1, -0.05) is 37.6 Å². The van der Waals surface area contributed by atoms with E-state index < -0.39 is 0 Å². The summed E-state index contributed by atoms with van der Waals surface area (Å²) in [6, 6.07) is 6.29. The maximum atomic E-state index is 6.65. The first-order valence-corrected chi connectivity index (χ1v) is 6.87. The minimum atomic E-state index is -0.191. The molecule has 0 spiro atoms. The zero-order valence-corrected chi connectivity index (χ0v) is 11.7. The molecule has 94 valence electrons. The van der Waals surface area contributed by atoms with E-state index in [1.807, 2.05) is 6.92 Å². The molecule has 0 bridgehead atoms. The number of aryl methyl sites for hydroxylation is 1. The molecule has 1 saturated carbocycles. The van der Waals surface area contributed by atoms with E-state index in [9.17, 15) is 0 Å². The summed E-state index contributed by atoms with van der Waals surface area (Å²) in [5.41, 5.74) is 8.78. The Morgan fingerprint density at radius 2 is 2.06 bits per heavy atom. The number of rotatable bonds is 1. The number of benzene rings is 1. The molecule has 1 fully saturated rings. The quantitative estimate of drug-likeness (QED) is 0.793. The fourth-order valence-electron chi connectivity index (χ4n) is 2.97. The molecule has 0 aromatic heterocycles. The van der Waals surface area contributed by atoms with E-state index in [0.29, 0.717) is 5.92 Å². The first-order chi connectivity index (χ1) is 7.93. The summed E-state index contributed by atoms with van der Waals surface area (Å²) in [5.74, 6) is 1.31. The fourth-order valence-corrected chi connectivity index (χ4v) is 3.16. The van der Waals surface area contributed by atoms with E-state index in [1.165, 1.54) is 18.4 Å². The SMILES string of the molecule is Cc1ccc(C2(N)CCC(C)CC2C)cc1Cl. The number of halogens is 1. The average Bonchev–Trinajstić information content (AvgIpc) is 2.28. The second-order valence-corrected chi connectivity index (χ2v) is 6.19. The summed E-state index contributed by atoms with van der Waals surface area (Å²) in [6.45, 7) is 6.61. The average molecular weight is 252 g/mol. The maximum Gasteiger partial charge on any atom is 0.0438 e. The van der Waals surface area contributed by atoms with Crippen molar-refractivity contribution < 1.29 is 0 Å². The number of nitrogens with two attached hydrogens (primary N) is 1. The third-order valence-corrected chi connectivity index (χ3v) is 4.80. The molecule has 0 radical (unpaired) electrons. The molecule has 2 rings (SSSR count). The summed E-state index contributed by atoms with van der Waals surface area (Å²) in [6.07, 6.45) is 3.49. The standard InChI is InChI=1S/C15H22ClN/c1-10-6-7-15(17,12(3)8-10)13-5-4-11(2)14(16)9-13/h4-5,9-10,12H,6-8,17H2,1-3H3. The molecule has 2 heteroatoms.